The molecule has 0 spiro atoms. The van der Waals surface area contributed by atoms with E-state index >= 15 is 0 Å². The van der Waals surface area contributed by atoms with E-state index in [4.69, 9.17) is 5.11 Å². The molecule has 1 N–H and O–H groups in total. The molecule has 164 valence electrons. The highest BCUT2D eigenvalue weighted by Gasteiger charge is 2.30. The standard InChI is InChI=1S/C11H15NO2.C8H15N.C6H5F/c1-3-9-5-7-12(11(13)14)8-6-10(9)4-2;1-9-5-7-2-3-8(4-7)6-9;7-6-4-2-1-3-5-6/h3-4H,1-2,5-8H2,(H,13,14);7-8H,2-6H2,1H3;1-5H/t;7-,8?;/m.0./s1. The van der Waals surface area contributed by atoms with Gasteiger partial charge in [0.2, 0.25) is 0 Å². The number of piperidine rings is 1. The van der Waals surface area contributed by atoms with Crippen LogP contribution in [0.1, 0.15) is 32.1 Å². The van der Waals surface area contributed by atoms with Crippen molar-refractivity contribution in [3.63, 3.8) is 0 Å². The van der Waals surface area contributed by atoms with Crippen LogP contribution in [0.15, 0.2) is 66.8 Å². The third-order valence-electron chi connectivity index (χ3n) is 6.00. The fourth-order valence-corrected chi connectivity index (χ4v) is 4.48. The highest BCUT2D eigenvalue weighted by Crippen LogP contribution is 2.35. The molecule has 1 saturated carbocycles. The van der Waals surface area contributed by atoms with Crippen molar-refractivity contribution >= 4 is 6.09 Å². The van der Waals surface area contributed by atoms with Crippen molar-refractivity contribution < 1.29 is 14.3 Å². The Kier molecular flexibility index (Phi) is 9.81. The average molecular weight is 415 g/mol. The molecular formula is C25H35FN2O2. The lowest BCUT2D eigenvalue weighted by Crippen LogP contribution is -2.32. The van der Waals surface area contributed by atoms with Crippen LogP contribution in [-0.4, -0.2) is 54.2 Å². The van der Waals surface area contributed by atoms with Crippen molar-refractivity contribution in [3.05, 3.63) is 72.6 Å². The number of halogens is 1. The van der Waals surface area contributed by atoms with Crippen LogP contribution in [0.4, 0.5) is 9.18 Å². The number of hydrogen-bond donors (Lipinski definition) is 1. The van der Waals surface area contributed by atoms with Gasteiger partial charge in [0.15, 0.2) is 0 Å². The van der Waals surface area contributed by atoms with Crippen LogP contribution in [0.2, 0.25) is 0 Å². The molecule has 1 aromatic rings. The van der Waals surface area contributed by atoms with Gasteiger partial charge in [-0.3, -0.25) is 0 Å². The molecule has 5 heteroatoms. The van der Waals surface area contributed by atoms with Gasteiger partial charge < -0.3 is 14.9 Å². The first-order valence-corrected chi connectivity index (χ1v) is 10.8. The van der Waals surface area contributed by atoms with E-state index in [1.807, 2.05) is 0 Å². The summed E-state index contributed by atoms with van der Waals surface area (Å²) >= 11 is 0. The van der Waals surface area contributed by atoms with Crippen LogP contribution < -0.4 is 0 Å². The number of hydrogen-bond acceptors (Lipinski definition) is 2. The Balaban J connectivity index is 0.000000171. The van der Waals surface area contributed by atoms with E-state index in [0.717, 1.165) is 35.8 Å². The highest BCUT2D eigenvalue weighted by molar-refractivity contribution is 5.65. The minimum atomic E-state index is -0.848. The molecule has 1 aliphatic carbocycles. The quantitative estimate of drug-likeness (QED) is 0.685. The van der Waals surface area contributed by atoms with Crippen LogP contribution in [0, 0.1) is 17.7 Å². The monoisotopic (exact) mass is 414 g/mol. The van der Waals surface area contributed by atoms with Gasteiger partial charge in [-0.2, -0.15) is 0 Å². The van der Waals surface area contributed by atoms with E-state index in [1.165, 1.54) is 49.4 Å². The lowest BCUT2D eigenvalue weighted by molar-refractivity contribution is 0.147. The fraction of sp³-hybridized carbons (Fsp3) is 0.480. The molecule has 2 heterocycles. The number of carbonyl (C=O) groups is 1. The predicted molar refractivity (Wildman–Crippen MR) is 121 cm³/mol. The molecule has 0 aromatic heterocycles. The highest BCUT2D eigenvalue weighted by atomic mass is 19.1. The van der Waals surface area contributed by atoms with Crippen LogP contribution >= 0.6 is 0 Å². The average Bonchev–Trinajstić information content (AvgIpc) is 2.95. The summed E-state index contributed by atoms with van der Waals surface area (Å²) in [7, 11) is 2.25. The Hall–Kier alpha value is -2.40. The van der Waals surface area contributed by atoms with Gasteiger partial charge in [0, 0.05) is 26.2 Å². The minimum Gasteiger partial charge on any atom is -0.465 e. The van der Waals surface area contributed by atoms with Crippen molar-refractivity contribution in [1.82, 2.24) is 9.80 Å². The molecule has 0 radical (unpaired) electrons. The molecule has 1 aromatic carbocycles. The summed E-state index contributed by atoms with van der Waals surface area (Å²) in [4.78, 5) is 14.7. The van der Waals surface area contributed by atoms with Crippen molar-refractivity contribution in [1.29, 1.82) is 0 Å². The van der Waals surface area contributed by atoms with Gasteiger partial charge in [-0.1, -0.05) is 43.5 Å². The molecule has 2 fully saturated rings. The van der Waals surface area contributed by atoms with Crippen molar-refractivity contribution in [2.24, 2.45) is 11.8 Å². The number of allylic oxidation sites excluding steroid dienone is 2. The van der Waals surface area contributed by atoms with Gasteiger partial charge in [-0.05, 0) is 74.3 Å². The number of fused-ring (bicyclic) bond motifs is 2. The van der Waals surface area contributed by atoms with Crippen molar-refractivity contribution in [3.8, 4) is 0 Å². The van der Waals surface area contributed by atoms with Crippen molar-refractivity contribution in [2.75, 3.05) is 33.2 Å². The first-order valence-electron chi connectivity index (χ1n) is 10.8. The summed E-state index contributed by atoms with van der Waals surface area (Å²) in [6.45, 7) is 11.3. The molecule has 30 heavy (non-hydrogen) atoms. The fourth-order valence-electron chi connectivity index (χ4n) is 4.48. The summed E-state index contributed by atoms with van der Waals surface area (Å²) in [5.41, 5.74) is 2.23. The molecule has 3 aliphatic rings. The number of carboxylic acid groups (broad SMARTS) is 1. The van der Waals surface area contributed by atoms with Gasteiger partial charge >= 0.3 is 6.09 Å². The number of benzene rings is 1. The zero-order valence-electron chi connectivity index (χ0n) is 18.1. The van der Waals surface area contributed by atoms with E-state index in [0.29, 0.717) is 13.1 Å². The molecular weight excluding hydrogens is 379 g/mol. The largest absolute Gasteiger partial charge is 0.465 e. The molecule has 4 rings (SSSR count). The van der Waals surface area contributed by atoms with Crippen molar-refractivity contribution in [2.45, 2.75) is 32.1 Å². The van der Waals surface area contributed by atoms with Gasteiger partial charge in [0.25, 0.3) is 0 Å². The van der Waals surface area contributed by atoms with Crippen LogP contribution in [0.5, 0.6) is 0 Å². The van der Waals surface area contributed by atoms with E-state index in [-0.39, 0.29) is 5.82 Å². The molecule has 2 atom stereocenters. The third kappa shape index (κ3) is 7.79. The summed E-state index contributed by atoms with van der Waals surface area (Å²) in [5.74, 6) is 1.95. The van der Waals surface area contributed by atoms with Crippen LogP contribution in [0.25, 0.3) is 0 Å². The van der Waals surface area contributed by atoms with Crippen LogP contribution in [-0.2, 0) is 0 Å². The predicted octanol–water partition coefficient (Wildman–Crippen LogP) is 5.60. The molecule has 4 nitrogen and oxygen atoms in total. The Morgan fingerprint density at radius 2 is 1.53 bits per heavy atom. The summed E-state index contributed by atoms with van der Waals surface area (Å²) < 4.78 is 11.9. The number of amides is 1. The number of rotatable bonds is 2. The Bertz CT molecular complexity index is 698. The summed E-state index contributed by atoms with van der Waals surface area (Å²) in [6, 6.07) is 7.94. The summed E-state index contributed by atoms with van der Waals surface area (Å²) in [6.07, 6.45) is 8.76. The molecule has 1 unspecified atom stereocenters. The van der Waals surface area contributed by atoms with Gasteiger partial charge in [-0.25, -0.2) is 9.18 Å². The Labute approximate surface area is 180 Å². The second-order valence-electron chi connectivity index (χ2n) is 8.29. The zero-order valence-corrected chi connectivity index (χ0v) is 18.1. The number of likely N-dealkylation sites (tertiary alicyclic amines) is 1. The van der Waals surface area contributed by atoms with Gasteiger partial charge in [-0.15, -0.1) is 0 Å². The maximum absolute atomic E-state index is 11.9. The Morgan fingerprint density at radius 3 is 1.90 bits per heavy atom. The topological polar surface area (TPSA) is 43.8 Å². The lowest BCUT2D eigenvalue weighted by atomic mass is 10.00. The Morgan fingerprint density at radius 1 is 1.03 bits per heavy atom. The van der Waals surface area contributed by atoms with Crippen LogP contribution in [0.3, 0.4) is 0 Å². The smallest absolute Gasteiger partial charge is 0.407 e. The first kappa shape index (κ1) is 23.9. The molecule has 1 saturated heterocycles. The molecule has 2 aliphatic heterocycles. The van der Waals surface area contributed by atoms with E-state index < -0.39 is 6.09 Å². The second-order valence-corrected chi connectivity index (χ2v) is 8.29. The maximum Gasteiger partial charge on any atom is 0.407 e. The van der Waals surface area contributed by atoms with Gasteiger partial charge in [0.1, 0.15) is 5.82 Å². The SMILES string of the molecule is C=CC1=C(C=C)CCN(C(=O)O)CC1.CN1CC2CC[C@@H](C2)C1.Fc1ccccc1. The minimum absolute atomic E-state index is 0.178. The first-order chi connectivity index (χ1) is 14.4. The van der Waals surface area contributed by atoms with E-state index in [9.17, 15) is 9.18 Å². The van der Waals surface area contributed by atoms with E-state index in [2.05, 4.69) is 25.1 Å². The van der Waals surface area contributed by atoms with E-state index in [1.54, 1.807) is 30.4 Å². The zero-order chi connectivity index (χ0) is 21.9. The van der Waals surface area contributed by atoms with Gasteiger partial charge in [0.05, 0.1) is 0 Å². The normalized spacial score (nSPS) is 23.3. The lowest BCUT2D eigenvalue weighted by Gasteiger charge is -2.27. The number of nitrogens with zero attached hydrogens (tertiary/aromatic N) is 2. The third-order valence-corrected chi connectivity index (χ3v) is 6.00. The molecule has 2 bridgehead atoms. The second kappa shape index (κ2) is 12.3. The summed E-state index contributed by atoms with van der Waals surface area (Å²) in [5, 5.41) is 8.84. The molecule has 1 amide bonds. The maximum atomic E-state index is 11.9.